The van der Waals surface area contributed by atoms with E-state index in [1.165, 1.54) is 12.1 Å². The molecule has 0 saturated carbocycles. The van der Waals surface area contributed by atoms with Crippen LogP contribution in [0.3, 0.4) is 0 Å². The predicted octanol–water partition coefficient (Wildman–Crippen LogP) is 5.34. The lowest BCUT2D eigenvalue weighted by molar-refractivity contribution is -0.00789. The molecule has 34 heavy (non-hydrogen) atoms. The first-order valence-electron chi connectivity index (χ1n) is 11.4. The largest absolute Gasteiger partial charge is 0.366 e. The number of hydrogen-bond acceptors (Lipinski definition) is 5. The summed E-state index contributed by atoms with van der Waals surface area (Å²) in [5.74, 6) is -0.658. The molecule has 0 fully saturated rings. The van der Waals surface area contributed by atoms with Gasteiger partial charge in [0.1, 0.15) is 17.5 Å². The van der Waals surface area contributed by atoms with E-state index in [1.54, 1.807) is 36.4 Å². The van der Waals surface area contributed by atoms with Gasteiger partial charge in [0, 0.05) is 46.8 Å². The number of benzene rings is 1. The van der Waals surface area contributed by atoms with Gasteiger partial charge in [-0.25, -0.2) is 13.8 Å². The number of rotatable bonds is 5. The molecule has 0 spiro atoms. The van der Waals surface area contributed by atoms with Gasteiger partial charge in [-0.05, 0) is 57.5 Å². The monoisotopic (exact) mass is 464 g/mol. The second-order valence-electron chi connectivity index (χ2n) is 9.25. The van der Waals surface area contributed by atoms with E-state index in [2.05, 4.69) is 15.3 Å². The molecule has 0 unspecified atom stereocenters. The Bertz CT molecular complexity index is 1310. The van der Waals surface area contributed by atoms with Crippen LogP contribution in [0.15, 0.2) is 36.7 Å². The van der Waals surface area contributed by atoms with Crippen molar-refractivity contribution >= 4 is 11.7 Å². The molecule has 1 N–H and O–H groups in total. The first kappa shape index (κ1) is 22.4. The fourth-order valence-corrected chi connectivity index (χ4v) is 4.68. The number of ether oxygens (including phenoxy) is 1. The van der Waals surface area contributed by atoms with Gasteiger partial charge in [0.25, 0.3) is 5.91 Å². The molecule has 8 heteroatoms. The molecule has 1 amide bonds. The van der Waals surface area contributed by atoms with Crippen LogP contribution in [0.25, 0.3) is 11.3 Å². The number of pyridine rings is 2. The molecule has 1 atom stereocenters. The summed E-state index contributed by atoms with van der Waals surface area (Å²) in [6, 6.07) is 5.27. The third-order valence-electron chi connectivity index (χ3n) is 6.71. The van der Waals surface area contributed by atoms with Gasteiger partial charge in [-0.15, -0.1) is 0 Å². The average Bonchev–Trinajstić information content (AvgIpc) is 3.31. The molecule has 3 aromatic rings. The number of hydrogen-bond donors (Lipinski definition) is 1. The minimum atomic E-state index is -0.575. The number of carbonyl (C=O) groups is 1. The van der Waals surface area contributed by atoms with E-state index in [0.29, 0.717) is 36.8 Å². The van der Waals surface area contributed by atoms with E-state index < -0.39 is 23.3 Å². The van der Waals surface area contributed by atoms with Crippen LogP contribution in [-0.4, -0.2) is 27.3 Å². The Morgan fingerprint density at radius 1 is 1.18 bits per heavy atom. The van der Waals surface area contributed by atoms with Crippen molar-refractivity contribution in [1.29, 1.82) is 0 Å². The Morgan fingerprint density at radius 3 is 2.74 bits per heavy atom. The standard InChI is InChI=1S/C26H26F2N4O2/c1-5-32-12-19-16(25(32)33)6-7-29-24(19)31-14(2)17-8-22(28)18(9-21(17)27)23-10-20-15(11-30-23)13-34-26(20,3)4/h6-11,14H,5,12-13H2,1-4H3,(H,29,31)/t14-/m0/s1. The van der Waals surface area contributed by atoms with Gasteiger partial charge in [-0.3, -0.25) is 9.78 Å². The number of anilines is 1. The SMILES string of the molecule is CCN1Cc2c(ccnc2N[C@@H](C)c2cc(F)c(-c3cc4c(cn3)COC4(C)C)cc2F)C1=O. The minimum Gasteiger partial charge on any atom is -0.366 e. The van der Waals surface area contributed by atoms with Gasteiger partial charge in [-0.1, -0.05) is 0 Å². The Labute approximate surface area is 197 Å². The van der Waals surface area contributed by atoms with Gasteiger partial charge in [0.15, 0.2) is 0 Å². The van der Waals surface area contributed by atoms with Gasteiger partial charge >= 0.3 is 0 Å². The third-order valence-corrected chi connectivity index (χ3v) is 6.71. The molecule has 2 aliphatic heterocycles. The summed E-state index contributed by atoms with van der Waals surface area (Å²) in [6.45, 7) is 9.01. The van der Waals surface area contributed by atoms with Crippen molar-refractivity contribution in [3.63, 3.8) is 0 Å². The predicted molar refractivity (Wildman–Crippen MR) is 124 cm³/mol. The summed E-state index contributed by atoms with van der Waals surface area (Å²) >= 11 is 0. The average molecular weight is 465 g/mol. The quantitative estimate of drug-likeness (QED) is 0.552. The second kappa shape index (κ2) is 8.13. The van der Waals surface area contributed by atoms with Crippen LogP contribution >= 0.6 is 0 Å². The van der Waals surface area contributed by atoms with Gasteiger partial charge in [0.05, 0.1) is 30.5 Å². The zero-order chi connectivity index (χ0) is 24.2. The zero-order valence-corrected chi connectivity index (χ0v) is 19.6. The van der Waals surface area contributed by atoms with Crippen molar-refractivity contribution in [2.75, 3.05) is 11.9 Å². The summed E-state index contributed by atoms with van der Waals surface area (Å²) < 4.78 is 36.2. The van der Waals surface area contributed by atoms with Crippen molar-refractivity contribution < 1.29 is 18.3 Å². The molecule has 0 saturated heterocycles. The number of fused-ring (bicyclic) bond motifs is 2. The lowest BCUT2D eigenvalue weighted by Crippen LogP contribution is -2.22. The summed E-state index contributed by atoms with van der Waals surface area (Å²) in [5, 5.41) is 3.17. The maximum Gasteiger partial charge on any atom is 0.254 e. The highest BCUT2D eigenvalue weighted by Gasteiger charge is 2.32. The number of nitrogens with one attached hydrogen (secondary N) is 1. The Hall–Kier alpha value is -3.39. The number of nitrogens with zero attached hydrogens (tertiary/aromatic N) is 3. The Balaban J connectivity index is 1.44. The van der Waals surface area contributed by atoms with Crippen molar-refractivity contribution in [3.8, 4) is 11.3 Å². The lowest BCUT2D eigenvalue weighted by atomic mass is 9.95. The van der Waals surface area contributed by atoms with E-state index in [1.807, 2.05) is 20.8 Å². The lowest BCUT2D eigenvalue weighted by Gasteiger charge is -2.20. The van der Waals surface area contributed by atoms with Gasteiger partial charge in [-0.2, -0.15) is 0 Å². The third kappa shape index (κ3) is 3.62. The van der Waals surface area contributed by atoms with E-state index >= 15 is 8.78 Å². The number of aromatic nitrogens is 2. The molecule has 5 rings (SSSR count). The molecule has 2 aliphatic rings. The van der Waals surface area contributed by atoms with E-state index in [-0.39, 0.29) is 17.0 Å². The molecule has 0 aliphatic carbocycles. The maximum atomic E-state index is 15.2. The van der Waals surface area contributed by atoms with E-state index in [4.69, 9.17) is 4.74 Å². The van der Waals surface area contributed by atoms with E-state index in [0.717, 1.165) is 16.7 Å². The molecule has 2 aromatic heterocycles. The first-order chi connectivity index (χ1) is 16.2. The highest BCUT2D eigenvalue weighted by atomic mass is 19.1. The zero-order valence-electron chi connectivity index (χ0n) is 19.6. The molecule has 1 aromatic carbocycles. The van der Waals surface area contributed by atoms with Crippen LogP contribution in [0.4, 0.5) is 14.6 Å². The number of amides is 1. The number of halogens is 2. The van der Waals surface area contributed by atoms with Gasteiger partial charge in [0.2, 0.25) is 0 Å². The topological polar surface area (TPSA) is 67.3 Å². The normalized spacial score (nSPS) is 17.0. The smallest absolute Gasteiger partial charge is 0.254 e. The molecule has 6 nitrogen and oxygen atoms in total. The van der Waals surface area contributed by atoms with Crippen molar-refractivity contribution in [3.05, 3.63) is 76.1 Å². The molecular weight excluding hydrogens is 438 g/mol. The van der Waals surface area contributed by atoms with Crippen molar-refractivity contribution in [1.82, 2.24) is 14.9 Å². The fourth-order valence-electron chi connectivity index (χ4n) is 4.68. The highest BCUT2D eigenvalue weighted by Crippen LogP contribution is 2.38. The van der Waals surface area contributed by atoms with Crippen LogP contribution in [0.5, 0.6) is 0 Å². The molecule has 4 heterocycles. The van der Waals surface area contributed by atoms with E-state index in [9.17, 15) is 4.79 Å². The summed E-state index contributed by atoms with van der Waals surface area (Å²) in [5.41, 5.74) is 3.36. The molecular formula is C26H26F2N4O2. The fraction of sp³-hybridized carbons (Fsp3) is 0.346. The van der Waals surface area contributed by atoms with Crippen LogP contribution in [-0.2, 0) is 23.5 Å². The molecule has 176 valence electrons. The summed E-state index contributed by atoms with van der Waals surface area (Å²) in [4.78, 5) is 22.9. The van der Waals surface area contributed by atoms with Gasteiger partial charge < -0.3 is 15.0 Å². The first-order valence-corrected chi connectivity index (χ1v) is 11.4. The van der Waals surface area contributed by atoms with Crippen LogP contribution in [0, 0.1) is 11.6 Å². The van der Waals surface area contributed by atoms with Crippen molar-refractivity contribution in [2.24, 2.45) is 0 Å². The highest BCUT2D eigenvalue weighted by molar-refractivity contribution is 5.99. The summed E-state index contributed by atoms with van der Waals surface area (Å²) in [6.07, 6.45) is 3.22. The molecule has 0 bridgehead atoms. The minimum absolute atomic E-state index is 0.0485. The Kier molecular flexibility index (Phi) is 5.36. The maximum absolute atomic E-state index is 15.2. The number of carbonyl (C=O) groups excluding carboxylic acids is 1. The molecule has 0 radical (unpaired) electrons. The second-order valence-corrected chi connectivity index (χ2v) is 9.25. The van der Waals surface area contributed by atoms with Crippen molar-refractivity contribution in [2.45, 2.75) is 52.5 Å². The summed E-state index contributed by atoms with van der Waals surface area (Å²) in [7, 11) is 0. The van der Waals surface area contributed by atoms with Crippen LogP contribution < -0.4 is 5.32 Å². The van der Waals surface area contributed by atoms with Crippen LogP contribution in [0.1, 0.15) is 66.3 Å². The van der Waals surface area contributed by atoms with Crippen LogP contribution in [0.2, 0.25) is 0 Å². The Morgan fingerprint density at radius 2 is 1.97 bits per heavy atom.